The van der Waals surface area contributed by atoms with E-state index in [0.717, 1.165) is 9.80 Å². The lowest BCUT2D eigenvalue weighted by Gasteiger charge is -2.32. The first kappa shape index (κ1) is 29.8. The number of nitrogens with zero attached hydrogens (tertiary/aromatic N) is 2. The monoisotopic (exact) mass is 508 g/mol. The summed E-state index contributed by atoms with van der Waals surface area (Å²) in [5.74, 6) is -1.67. The Hall–Kier alpha value is -2.44. The number of hydrogen-bond donors (Lipinski definition) is 2. The molecule has 2 unspecified atom stereocenters. The van der Waals surface area contributed by atoms with Crippen LogP contribution < -0.4 is 0 Å². The number of ether oxygens (including phenoxy) is 3. The Labute approximate surface area is 211 Å². The molecule has 2 atom stereocenters. The Morgan fingerprint density at radius 2 is 1.28 bits per heavy atom. The van der Waals surface area contributed by atoms with Crippen molar-refractivity contribution in [3.05, 3.63) is 31.4 Å². The number of aliphatic hydroxyl groups is 2. The largest absolute Gasteiger partial charge is 0.391 e. The summed E-state index contributed by atoms with van der Waals surface area (Å²) in [4.78, 5) is 49.4. The molecule has 0 aromatic heterocycles. The van der Waals surface area contributed by atoms with E-state index in [1.54, 1.807) is 0 Å². The van der Waals surface area contributed by atoms with Gasteiger partial charge in [0.05, 0.1) is 58.0 Å². The van der Waals surface area contributed by atoms with E-state index in [4.69, 9.17) is 21.3 Å². The molecule has 0 aromatic rings. The van der Waals surface area contributed by atoms with Crippen molar-refractivity contribution < 1.29 is 43.6 Å². The van der Waals surface area contributed by atoms with Crippen LogP contribution in [0, 0.1) is 12.5 Å². The number of amides is 4. The Morgan fingerprint density at radius 1 is 0.861 bits per heavy atom. The fourth-order valence-corrected chi connectivity index (χ4v) is 3.91. The van der Waals surface area contributed by atoms with E-state index in [2.05, 4.69) is 13.2 Å². The molecule has 0 bridgehead atoms. The molecule has 200 valence electrons. The van der Waals surface area contributed by atoms with E-state index in [0.29, 0.717) is 6.42 Å². The number of aliphatic hydroxyl groups excluding tert-OH is 2. The Morgan fingerprint density at radius 3 is 1.58 bits per heavy atom. The molecule has 4 amide bonds. The van der Waals surface area contributed by atoms with Gasteiger partial charge in [0.1, 0.15) is 7.11 Å². The highest BCUT2D eigenvalue weighted by Crippen LogP contribution is 2.25. The maximum atomic E-state index is 11.9. The van der Waals surface area contributed by atoms with E-state index in [1.807, 2.05) is 6.92 Å². The molecule has 0 aliphatic carbocycles. The van der Waals surface area contributed by atoms with E-state index in [-0.39, 0.29) is 94.8 Å². The number of carbonyl (C=O) groups excluding carboxylic acids is 4. The molecule has 2 heterocycles. The Balaban J connectivity index is 1.72. The van der Waals surface area contributed by atoms with Gasteiger partial charge in [0, 0.05) is 29.8 Å². The van der Waals surface area contributed by atoms with Crippen LogP contribution in [-0.4, -0.2) is 102 Å². The standard InChI is InChI=1S/C25H36N2O9/c1-5-25(14-34-4,15-35-8-6-19(28)12-26-21(30)10-17(2)23(26)32)16-36-9-7-20(29)13-27-22(31)11-18(3)24(27)33/h4,19-20,28-29H,2-3,5-16H2,1H3. The molecule has 2 N–H and O–H groups in total. The minimum atomic E-state index is -0.935. The summed E-state index contributed by atoms with van der Waals surface area (Å²) in [5, 5.41) is 20.4. The summed E-state index contributed by atoms with van der Waals surface area (Å²) in [6.07, 6.45) is -0.902. The summed E-state index contributed by atoms with van der Waals surface area (Å²) in [6.45, 7) is 9.71. The van der Waals surface area contributed by atoms with E-state index >= 15 is 0 Å². The van der Waals surface area contributed by atoms with Crippen molar-refractivity contribution in [3.63, 3.8) is 0 Å². The first-order valence-electron chi connectivity index (χ1n) is 11.9. The SMILES string of the molecule is [CH]OCC(CC)(COCCC(O)CN1C(=O)CC(=C)C1=O)COCCC(O)CN1C(=O)CC(=C)C1=O. The lowest BCUT2D eigenvalue weighted by atomic mass is 9.88. The van der Waals surface area contributed by atoms with Gasteiger partial charge >= 0.3 is 0 Å². The first-order valence-corrected chi connectivity index (χ1v) is 11.9. The van der Waals surface area contributed by atoms with Gasteiger partial charge in [0.25, 0.3) is 11.8 Å². The van der Waals surface area contributed by atoms with Gasteiger partial charge in [-0.3, -0.25) is 29.0 Å². The highest BCUT2D eigenvalue weighted by molar-refractivity contribution is 6.13. The lowest BCUT2D eigenvalue weighted by Crippen LogP contribution is -2.39. The van der Waals surface area contributed by atoms with Crippen LogP contribution in [0.15, 0.2) is 24.3 Å². The van der Waals surface area contributed by atoms with Crippen molar-refractivity contribution in [3.8, 4) is 0 Å². The molecule has 2 rings (SSSR count). The van der Waals surface area contributed by atoms with Crippen LogP contribution >= 0.6 is 0 Å². The predicted octanol–water partition coefficient (Wildman–Crippen LogP) is 0.233. The van der Waals surface area contributed by atoms with Crippen LogP contribution in [0.25, 0.3) is 0 Å². The van der Waals surface area contributed by atoms with Crippen molar-refractivity contribution in [2.75, 3.05) is 46.1 Å². The molecular formula is C25H36N2O9. The van der Waals surface area contributed by atoms with Gasteiger partial charge in [-0.2, -0.15) is 0 Å². The van der Waals surface area contributed by atoms with E-state index in [1.165, 1.54) is 0 Å². The van der Waals surface area contributed by atoms with Gasteiger partial charge in [0.2, 0.25) is 11.8 Å². The van der Waals surface area contributed by atoms with Crippen LogP contribution in [0.2, 0.25) is 0 Å². The zero-order valence-corrected chi connectivity index (χ0v) is 20.8. The Kier molecular flexibility index (Phi) is 11.4. The fraction of sp³-hybridized carbons (Fsp3) is 0.640. The number of rotatable bonds is 17. The summed E-state index contributed by atoms with van der Waals surface area (Å²) in [7, 11) is 5.31. The number of likely N-dealkylation sites (tertiary alicyclic amines) is 2. The topological polar surface area (TPSA) is 143 Å². The van der Waals surface area contributed by atoms with Crippen molar-refractivity contribution in [2.24, 2.45) is 5.41 Å². The number of carbonyl (C=O) groups is 4. The molecule has 0 aromatic carbocycles. The van der Waals surface area contributed by atoms with E-state index < -0.39 is 29.4 Å². The summed E-state index contributed by atoms with van der Waals surface area (Å²) < 4.78 is 16.3. The molecule has 0 saturated carbocycles. The summed E-state index contributed by atoms with van der Waals surface area (Å²) in [6, 6.07) is 0. The molecule has 0 spiro atoms. The summed E-state index contributed by atoms with van der Waals surface area (Å²) in [5.41, 5.74) is -0.147. The molecule has 2 aliphatic rings. The maximum Gasteiger partial charge on any atom is 0.256 e. The molecule has 2 saturated heterocycles. The second-order valence-electron chi connectivity index (χ2n) is 9.33. The van der Waals surface area contributed by atoms with E-state index in [9.17, 15) is 29.4 Å². The molecule has 2 fully saturated rings. The Bertz CT molecular complexity index is 794. The molecule has 36 heavy (non-hydrogen) atoms. The highest BCUT2D eigenvalue weighted by Gasteiger charge is 2.35. The van der Waals surface area contributed by atoms with Gasteiger partial charge < -0.3 is 24.4 Å². The number of imide groups is 2. The minimum Gasteiger partial charge on any atom is -0.391 e. The van der Waals surface area contributed by atoms with Crippen LogP contribution in [0.1, 0.15) is 39.0 Å². The normalized spacial score (nSPS) is 20.0. The lowest BCUT2D eigenvalue weighted by molar-refractivity contribution is -0.140. The minimum absolute atomic E-state index is 0.0263. The zero-order chi connectivity index (χ0) is 26.9. The predicted molar refractivity (Wildman–Crippen MR) is 127 cm³/mol. The molecular weight excluding hydrogens is 472 g/mol. The average molecular weight is 509 g/mol. The van der Waals surface area contributed by atoms with Crippen LogP contribution in [0.4, 0.5) is 0 Å². The molecule has 2 aliphatic heterocycles. The quantitative estimate of drug-likeness (QED) is 0.160. The smallest absolute Gasteiger partial charge is 0.256 e. The second kappa shape index (κ2) is 13.8. The van der Waals surface area contributed by atoms with Crippen LogP contribution in [0.5, 0.6) is 0 Å². The van der Waals surface area contributed by atoms with Crippen LogP contribution in [-0.2, 0) is 33.4 Å². The van der Waals surface area contributed by atoms with Gasteiger partial charge in [-0.25, -0.2) is 0 Å². The zero-order valence-electron chi connectivity index (χ0n) is 20.8. The molecule has 2 radical (unpaired) electrons. The van der Waals surface area contributed by atoms with Gasteiger partial charge in [-0.1, -0.05) is 20.1 Å². The second-order valence-corrected chi connectivity index (χ2v) is 9.33. The van der Waals surface area contributed by atoms with Crippen molar-refractivity contribution in [1.29, 1.82) is 0 Å². The third kappa shape index (κ3) is 8.04. The van der Waals surface area contributed by atoms with Crippen LogP contribution in [0.3, 0.4) is 0 Å². The third-order valence-corrected chi connectivity index (χ3v) is 6.36. The highest BCUT2D eigenvalue weighted by atomic mass is 16.5. The maximum absolute atomic E-state index is 11.9. The number of hydrogen-bond acceptors (Lipinski definition) is 9. The van der Waals surface area contributed by atoms with Crippen molar-refractivity contribution >= 4 is 23.6 Å². The fourth-order valence-electron chi connectivity index (χ4n) is 3.91. The van der Waals surface area contributed by atoms with Gasteiger partial charge in [0.15, 0.2) is 0 Å². The summed E-state index contributed by atoms with van der Waals surface area (Å²) >= 11 is 0. The average Bonchev–Trinajstić information content (AvgIpc) is 3.21. The van der Waals surface area contributed by atoms with Gasteiger partial charge in [-0.15, -0.1) is 0 Å². The third-order valence-electron chi connectivity index (χ3n) is 6.36. The van der Waals surface area contributed by atoms with Crippen molar-refractivity contribution in [2.45, 2.75) is 51.2 Å². The number of β-amino-alcohol motifs (C(OH)–C–C–N with tert-alkyl or cyclic N) is 2. The van der Waals surface area contributed by atoms with Crippen molar-refractivity contribution in [1.82, 2.24) is 9.80 Å². The van der Waals surface area contributed by atoms with Gasteiger partial charge in [-0.05, 0) is 19.3 Å². The molecule has 11 heteroatoms. The molecule has 11 nitrogen and oxygen atoms in total. The first-order chi connectivity index (χ1) is 17.0.